The number of fused-ring (bicyclic) bond motifs is 1. The second kappa shape index (κ2) is 2.67. The first kappa shape index (κ1) is 6.87. The number of rotatable bonds is 1. The van der Waals surface area contributed by atoms with E-state index in [1.807, 2.05) is 0 Å². The van der Waals surface area contributed by atoms with Gasteiger partial charge in [-0.1, -0.05) is 18.2 Å². The fourth-order valence-electron chi connectivity index (χ4n) is 1.28. The van der Waals surface area contributed by atoms with Gasteiger partial charge in [-0.15, -0.1) is 0 Å². The van der Waals surface area contributed by atoms with Crippen LogP contribution in [0.25, 0.3) is 10.9 Å². The number of aromatic nitrogens is 1. The van der Waals surface area contributed by atoms with Gasteiger partial charge in [0, 0.05) is 6.20 Å². The van der Waals surface area contributed by atoms with Crippen molar-refractivity contribution in [3.8, 4) is 0 Å². The topological polar surface area (TPSA) is 4.93 Å². The first-order valence-corrected chi connectivity index (χ1v) is 5.10. The second-order valence-corrected chi connectivity index (χ2v) is 3.40. The van der Waals surface area contributed by atoms with Gasteiger partial charge in [0.25, 0.3) is 0 Å². The molecule has 1 atom stereocenters. The van der Waals surface area contributed by atoms with E-state index >= 15 is 0 Å². The molecule has 1 heterocycles. The summed E-state index contributed by atoms with van der Waals surface area (Å²) >= 11 is 0. The maximum atomic E-state index is 2.27. The molecule has 0 bridgehead atoms. The van der Waals surface area contributed by atoms with Crippen LogP contribution in [0.15, 0.2) is 36.5 Å². The van der Waals surface area contributed by atoms with Crippen LogP contribution in [0.5, 0.6) is 0 Å². The van der Waals surface area contributed by atoms with Gasteiger partial charge in [-0.2, -0.15) is 0 Å². The maximum Gasteiger partial charge on any atom is 0.0511 e. The lowest BCUT2D eigenvalue weighted by molar-refractivity contribution is 1.34. The third kappa shape index (κ3) is 1.06. The monoisotopic (exact) mass is 163 g/mol. The summed E-state index contributed by atoms with van der Waals surface area (Å²) in [5, 5.41) is 1.34. The number of para-hydroxylation sites is 1. The zero-order chi connectivity index (χ0) is 7.68. The Hall–Kier alpha value is -0.810. The van der Waals surface area contributed by atoms with Gasteiger partial charge in [0.05, 0.1) is 5.52 Å². The summed E-state index contributed by atoms with van der Waals surface area (Å²) in [5.74, 6) is 0. The Labute approximate surface area is 67.9 Å². The zero-order valence-electron chi connectivity index (χ0n) is 6.41. The van der Waals surface area contributed by atoms with E-state index in [2.05, 4.69) is 47.5 Å². The molecule has 2 rings (SSSR count). The summed E-state index contributed by atoms with van der Waals surface area (Å²) < 4.78 is 2.27. The van der Waals surface area contributed by atoms with Gasteiger partial charge in [-0.05, 0) is 32.9 Å². The Kier molecular flexibility index (Phi) is 1.67. The Morgan fingerprint density at radius 1 is 1.18 bits per heavy atom. The molecular formula is C9H10NP. The van der Waals surface area contributed by atoms with Gasteiger partial charge in [0.2, 0.25) is 0 Å². The van der Waals surface area contributed by atoms with E-state index in [9.17, 15) is 0 Å². The molecule has 0 saturated heterocycles. The van der Waals surface area contributed by atoms with E-state index in [-0.39, 0.29) is 0 Å². The fourth-order valence-corrected chi connectivity index (χ4v) is 1.95. The van der Waals surface area contributed by atoms with Crippen LogP contribution in [0.4, 0.5) is 0 Å². The molecule has 1 unspecified atom stereocenters. The molecule has 0 amide bonds. The molecule has 1 aromatic heterocycles. The lowest BCUT2D eigenvalue weighted by Crippen LogP contribution is -1.76. The molecule has 0 spiro atoms. The Bertz CT molecular complexity index is 364. The van der Waals surface area contributed by atoms with Gasteiger partial charge < -0.3 is 4.34 Å². The highest BCUT2D eigenvalue weighted by molar-refractivity contribution is 7.35. The van der Waals surface area contributed by atoms with E-state index in [1.165, 1.54) is 10.9 Å². The molecule has 11 heavy (non-hydrogen) atoms. The molecular weight excluding hydrogens is 153 g/mol. The number of hydrogen-bond donors (Lipinski definition) is 0. The number of nitrogens with zero attached hydrogens (tertiary/aromatic N) is 1. The molecule has 2 heteroatoms. The summed E-state index contributed by atoms with van der Waals surface area (Å²) in [5.41, 5.74) is 1.34. The molecule has 0 radical (unpaired) electrons. The zero-order valence-corrected chi connectivity index (χ0v) is 7.41. The van der Waals surface area contributed by atoms with Crippen molar-refractivity contribution in [3.63, 3.8) is 0 Å². The summed E-state index contributed by atoms with van der Waals surface area (Å²) in [6.07, 6.45) is 2.14. The van der Waals surface area contributed by atoms with Crippen LogP contribution >= 0.6 is 8.73 Å². The number of hydrogen-bond acceptors (Lipinski definition) is 0. The standard InChI is InChI=1S/C9H10NP/c1-11-10-7-6-8-4-2-3-5-9(8)10/h2-7,11H,1H3. The van der Waals surface area contributed by atoms with Crippen molar-refractivity contribution in [3.05, 3.63) is 36.5 Å². The SMILES string of the molecule is CPn1ccc2ccccc21. The van der Waals surface area contributed by atoms with E-state index < -0.39 is 0 Å². The largest absolute Gasteiger partial charge is 0.329 e. The van der Waals surface area contributed by atoms with Gasteiger partial charge >= 0.3 is 0 Å². The molecule has 1 aromatic carbocycles. The minimum absolute atomic E-state index is 0.825. The van der Waals surface area contributed by atoms with Crippen LogP contribution in [0.3, 0.4) is 0 Å². The predicted octanol–water partition coefficient (Wildman–Crippen LogP) is 2.71. The van der Waals surface area contributed by atoms with Crippen LogP contribution in [0, 0.1) is 0 Å². The summed E-state index contributed by atoms with van der Waals surface area (Å²) in [4.78, 5) is 0. The third-order valence-corrected chi connectivity index (χ3v) is 2.71. The number of benzene rings is 1. The smallest absolute Gasteiger partial charge is 0.0511 e. The quantitative estimate of drug-likeness (QED) is 0.569. The molecule has 0 aliphatic rings. The van der Waals surface area contributed by atoms with Gasteiger partial charge in [0.15, 0.2) is 0 Å². The first-order chi connectivity index (χ1) is 5.42. The van der Waals surface area contributed by atoms with Crippen LogP contribution in [0.1, 0.15) is 0 Å². The van der Waals surface area contributed by atoms with Crippen LogP contribution in [-0.4, -0.2) is 11.0 Å². The molecule has 0 aliphatic heterocycles. The van der Waals surface area contributed by atoms with Crippen LogP contribution in [-0.2, 0) is 0 Å². The molecule has 0 N–H and O–H groups in total. The molecule has 0 saturated carbocycles. The summed E-state index contributed by atoms with van der Waals surface area (Å²) in [7, 11) is 0.825. The highest BCUT2D eigenvalue weighted by Crippen LogP contribution is 2.21. The Morgan fingerprint density at radius 3 is 2.82 bits per heavy atom. The minimum atomic E-state index is 0.825. The average Bonchev–Trinajstić information content (AvgIpc) is 2.47. The molecule has 1 nitrogen and oxygen atoms in total. The Balaban J connectivity index is 2.76. The molecule has 56 valence electrons. The lowest BCUT2D eigenvalue weighted by Gasteiger charge is -1.97. The first-order valence-electron chi connectivity index (χ1n) is 3.65. The lowest BCUT2D eigenvalue weighted by atomic mass is 10.3. The van der Waals surface area contributed by atoms with E-state index in [0.29, 0.717) is 0 Å². The third-order valence-electron chi connectivity index (χ3n) is 1.84. The van der Waals surface area contributed by atoms with E-state index in [4.69, 9.17) is 0 Å². The van der Waals surface area contributed by atoms with Crippen molar-refractivity contribution in [2.75, 3.05) is 6.66 Å². The fraction of sp³-hybridized carbons (Fsp3) is 0.111. The molecule has 2 aromatic rings. The Morgan fingerprint density at radius 2 is 2.00 bits per heavy atom. The van der Waals surface area contributed by atoms with Crippen LogP contribution in [0.2, 0.25) is 0 Å². The van der Waals surface area contributed by atoms with Gasteiger partial charge in [-0.25, -0.2) is 0 Å². The van der Waals surface area contributed by atoms with Gasteiger partial charge in [0.1, 0.15) is 0 Å². The van der Waals surface area contributed by atoms with Crippen molar-refractivity contribution >= 4 is 19.6 Å². The van der Waals surface area contributed by atoms with Crippen molar-refractivity contribution in [2.45, 2.75) is 0 Å². The van der Waals surface area contributed by atoms with Crippen molar-refractivity contribution in [2.24, 2.45) is 0 Å². The predicted molar refractivity (Wildman–Crippen MR) is 51.6 cm³/mol. The van der Waals surface area contributed by atoms with E-state index in [0.717, 1.165) is 8.73 Å². The molecule has 0 fully saturated rings. The average molecular weight is 163 g/mol. The second-order valence-electron chi connectivity index (χ2n) is 2.47. The van der Waals surface area contributed by atoms with Crippen LogP contribution < -0.4 is 0 Å². The minimum Gasteiger partial charge on any atom is -0.329 e. The normalized spacial score (nSPS) is 11.7. The van der Waals surface area contributed by atoms with E-state index in [1.54, 1.807) is 0 Å². The van der Waals surface area contributed by atoms with Crippen molar-refractivity contribution in [1.82, 2.24) is 4.34 Å². The maximum absolute atomic E-state index is 2.27. The van der Waals surface area contributed by atoms with Crippen molar-refractivity contribution < 1.29 is 0 Å². The van der Waals surface area contributed by atoms with Crippen molar-refractivity contribution in [1.29, 1.82) is 0 Å². The summed E-state index contributed by atoms with van der Waals surface area (Å²) in [6, 6.07) is 10.6. The summed E-state index contributed by atoms with van der Waals surface area (Å²) in [6.45, 7) is 2.19. The van der Waals surface area contributed by atoms with Gasteiger partial charge in [-0.3, -0.25) is 0 Å². The highest BCUT2D eigenvalue weighted by Gasteiger charge is 1.95. The molecule has 0 aliphatic carbocycles. The highest BCUT2D eigenvalue weighted by atomic mass is 31.1.